The Morgan fingerprint density at radius 2 is 1.89 bits per heavy atom. The third kappa shape index (κ3) is 6.57. The van der Waals surface area contributed by atoms with E-state index in [1.807, 2.05) is 12.1 Å². The van der Waals surface area contributed by atoms with Gasteiger partial charge >= 0.3 is 0 Å². The zero-order valence-electron chi connectivity index (χ0n) is 12.3. The molecule has 1 atom stereocenters. The van der Waals surface area contributed by atoms with Crippen LogP contribution in [-0.2, 0) is 11.3 Å². The molecule has 0 saturated carbocycles. The fraction of sp³-hybridized carbons (Fsp3) is 0.600. The van der Waals surface area contributed by atoms with Gasteiger partial charge in [0.2, 0.25) is 0 Å². The second-order valence-corrected chi connectivity index (χ2v) is 4.94. The maximum atomic E-state index is 6.10. The van der Waals surface area contributed by atoms with Crippen LogP contribution in [0.25, 0.3) is 0 Å². The lowest BCUT2D eigenvalue weighted by Gasteiger charge is -2.21. The Morgan fingerprint density at radius 3 is 2.47 bits per heavy atom. The molecule has 0 fully saturated rings. The Balaban J connectivity index is 2.30. The van der Waals surface area contributed by atoms with Gasteiger partial charge in [-0.3, -0.25) is 0 Å². The van der Waals surface area contributed by atoms with Crippen LogP contribution < -0.4 is 10.5 Å². The van der Waals surface area contributed by atoms with E-state index in [2.05, 4.69) is 24.1 Å². The van der Waals surface area contributed by atoms with Gasteiger partial charge in [-0.2, -0.15) is 0 Å². The SMILES string of the molecule is COCCCC(N)CN(C)Cc1ccc(OC)cc1. The molecule has 0 aromatic heterocycles. The van der Waals surface area contributed by atoms with E-state index in [1.54, 1.807) is 14.2 Å². The number of ether oxygens (including phenoxy) is 2. The number of likely N-dealkylation sites (N-methyl/N-ethyl adjacent to an activating group) is 1. The van der Waals surface area contributed by atoms with Gasteiger partial charge in [0.1, 0.15) is 5.75 Å². The molecule has 19 heavy (non-hydrogen) atoms. The molecule has 0 saturated heterocycles. The molecule has 2 N–H and O–H groups in total. The molecule has 1 unspecified atom stereocenters. The van der Waals surface area contributed by atoms with E-state index in [9.17, 15) is 0 Å². The van der Waals surface area contributed by atoms with Crippen molar-refractivity contribution in [3.63, 3.8) is 0 Å². The van der Waals surface area contributed by atoms with Crippen LogP contribution in [-0.4, -0.2) is 45.4 Å². The van der Waals surface area contributed by atoms with E-state index in [0.717, 1.165) is 38.3 Å². The molecule has 0 spiro atoms. The van der Waals surface area contributed by atoms with Crippen LogP contribution in [0.2, 0.25) is 0 Å². The van der Waals surface area contributed by atoms with Gasteiger partial charge in [-0.25, -0.2) is 0 Å². The van der Waals surface area contributed by atoms with Crippen molar-refractivity contribution in [2.45, 2.75) is 25.4 Å². The second kappa shape index (κ2) is 8.91. The predicted octanol–water partition coefficient (Wildman–Crippen LogP) is 1.88. The standard InChI is InChI=1S/C15H26N2O2/c1-17(12-14(16)5-4-10-18-2)11-13-6-8-15(19-3)9-7-13/h6-9,14H,4-5,10-12,16H2,1-3H3. The van der Waals surface area contributed by atoms with Crippen LogP contribution in [0.4, 0.5) is 0 Å². The fourth-order valence-electron chi connectivity index (χ4n) is 2.09. The predicted molar refractivity (Wildman–Crippen MR) is 78.4 cm³/mol. The van der Waals surface area contributed by atoms with Gasteiger partial charge in [0.25, 0.3) is 0 Å². The maximum Gasteiger partial charge on any atom is 0.118 e. The van der Waals surface area contributed by atoms with Crippen molar-refractivity contribution in [1.29, 1.82) is 0 Å². The first-order valence-electron chi connectivity index (χ1n) is 6.71. The molecule has 0 radical (unpaired) electrons. The number of methoxy groups -OCH3 is 2. The first-order chi connectivity index (χ1) is 9.15. The molecular formula is C15H26N2O2. The molecule has 0 aliphatic heterocycles. The minimum atomic E-state index is 0.207. The van der Waals surface area contributed by atoms with E-state index in [-0.39, 0.29) is 6.04 Å². The van der Waals surface area contributed by atoms with Gasteiger partial charge in [-0.15, -0.1) is 0 Å². The summed E-state index contributed by atoms with van der Waals surface area (Å²) in [6, 6.07) is 8.36. The van der Waals surface area contributed by atoms with Crippen LogP contribution in [0.3, 0.4) is 0 Å². The van der Waals surface area contributed by atoms with Gasteiger partial charge in [-0.05, 0) is 37.6 Å². The van der Waals surface area contributed by atoms with Crippen LogP contribution >= 0.6 is 0 Å². The van der Waals surface area contributed by atoms with Gasteiger partial charge < -0.3 is 20.1 Å². The molecule has 0 amide bonds. The monoisotopic (exact) mass is 266 g/mol. The van der Waals surface area contributed by atoms with Crippen molar-refractivity contribution in [3.8, 4) is 5.75 Å². The lowest BCUT2D eigenvalue weighted by atomic mass is 10.1. The molecule has 1 aromatic rings. The molecule has 1 rings (SSSR count). The van der Waals surface area contributed by atoms with E-state index >= 15 is 0 Å². The Labute approximate surface area is 116 Å². The van der Waals surface area contributed by atoms with Crippen molar-refractivity contribution >= 4 is 0 Å². The highest BCUT2D eigenvalue weighted by Gasteiger charge is 2.07. The van der Waals surface area contributed by atoms with Crippen LogP contribution in [0.1, 0.15) is 18.4 Å². The summed E-state index contributed by atoms with van der Waals surface area (Å²) in [7, 11) is 5.50. The lowest BCUT2D eigenvalue weighted by molar-refractivity contribution is 0.187. The average molecular weight is 266 g/mol. The smallest absolute Gasteiger partial charge is 0.118 e. The van der Waals surface area contributed by atoms with Crippen molar-refractivity contribution in [2.24, 2.45) is 5.73 Å². The Bertz CT molecular complexity index is 341. The fourth-order valence-corrected chi connectivity index (χ4v) is 2.09. The van der Waals surface area contributed by atoms with Crippen molar-refractivity contribution < 1.29 is 9.47 Å². The Hall–Kier alpha value is -1.10. The molecule has 0 aliphatic rings. The third-order valence-corrected chi connectivity index (χ3v) is 3.08. The Morgan fingerprint density at radius 1 is 1.21 bits per heavy atom. The summed E-state index contributed by atoms with van der Waals surface area (Å²) in [5.41, 5.74) is 7.37. The zero-order valence-corrected chi connectivity index (χ0v) is 12.3. The van der Waals surface area contributed by atoms with Crippen molar-refractivity contribution in [2.75, 3.05) is 34.4 Å². The van der Waals surface area contributed by atoms with Gasteiger partial charge in [0.05, 0.1) is 7.11 Å². The number of benzene rings is 1. The summed E-state index contributed by atoms with van der Waals surface area (Å²) >= 11 is 0. The first kappa shape index (κ1) is 16.0. The van der Waals surface area contributed by atoms with E-state index in [0.29, 0.717) is 0 Å². The molecule has 4 heteroatoms. The molecule has 0 bridgehead atoms. The van der Waals surface area contributed by atoms with E-state index < -0.39 is 0 Å². The molecule has 108 valence electrons. The van der Waals surface area contributed by atoms with Crippen LogP contribution in [0, 0.1) is 0 Å². The summed E-state index contributed by atoms with van der Waals surface area (Å²) in [4.78, 5) is 2.25. The number of rotatable bonds is 9. The molecule has 1 aromatic carbocycles. The average Bonchev–Trinajstić information content (AvgIpc) is 2.39. The third-order valence-electron chi connectivity index (χ3n) is 3.08. The quantitative estimate of drug-likeness (QED) is 0.693. The number of hydrogen-bond donors (Lipinski definition) is 1. The topological polar surface area (TPSA) is 47.7 Å². The number of nitrogens with two attached hydrogens (primary N) is 1. The molecule has 0 aliphatic carbocycles. The summed E-state index contributed by atoms with van der Waals surface area (Å²) in [5, 5.41) is 0. The number of hydrogen-bond acceptors (Lipinski definition) is 4. The second-order valence-electron chi connectivity index (χ2n) is 4.94. The largest absolute Gasteiger partial charge is 0.497 e. The maximum absolute atomic E-state index is 6.10. The van der Waals surface area contributed by atoms with Gasteiger partial charge in [0.15, 0.2) is 0 Å². The normalized spacial score (nSPS) is 12.7. The summed E-state index contributed by atoms with van der Waals surface area (Å²) in [5.74, 6) is 0.891. The van der Waals surface area contributed by atoms with Crippen molar-refractivity contribution in [1.82, 2.24) is 4.90 Å². The number of nitrogens with zero attached hydrogens (tertiary/aromatic N) is 1. The van der Waals surface area contributed by atoms with Crippen LogP contribution in [0.15, 0.2) is 24.3 Å². The minimum absolute atomic E-state index is 0.207. The summed E-state index contributed by atoms with van der Waals surface area (Å²) < 4.78 is 10.2. The van der Waals surface area contributed by atoms with E-state index in [1.165, 1.54) is 5.56 Å². The summed E-state index contributed by atoms with van der Waals surface area (Å²) in [6.45, 7) is 2.59. The highest BCUT2D eigenvalue weighted by molar-refractivity contribution is 5.27. The molecular weight excluding hydrogens is 240 g/mol. The van der Waals surface area contributed by atoms with Crippen molar-refractivity contribution in [3.05, 3.63) is 29.8 Å². The highest BCUT2D eigenvalue weighted by atomic mass is 16.5. The first-order valence-corrected chi connectivity index (χ1v) is 6.71. The van der Waals surface area contributed by atoms with Gasteiger partial charge in [0, 0.05) is 32.8 Å². The minimum Gasteiger partial charge on any atom is -0.497 e. The Kier molecular flexibility index (Phi) is 7.48. The lowest BCUT2D eigenvalue weighted by Crippen LogP contribution is -2.35. The van der Waals surface area contributed by atoms with Crippen LogP contribution in [0.5, 0.6) is 5.75 Å². The zero-order chi connectivity index (χ0) is 14.1. The summed E-state index contributed by atoms with van der Waals surface area (Å²) in [6.07, 6.45) is 2.02. The molecule has 4 nitrogen and oxygen atoms in total. The highest BCUT2D eigenvalue weighted by Crippen LogP contribution is 2.12. The molecule has 0 heterocycles. The van der Waals surface area contributed by atoms with E-state index in [4.69, 9.17) is 15.2 Å². The van der Waals surface area contributed by atoms with Gasteiger partial charge in [-0.1, -0.05) is 12.1 Å².